The molecule has 0 saturated heterocycles. The van der Waals surface area contributed by atoms with Crippen LogP contribution in [0.1, 0.15) is 26.3 Å². The van der Waals surface area contributed by atoms with Gasteiger partial charge in [0.1, 0.15) is 0 Å². The van der Waals surface area contributed by atoms with Gasteiger partial charge in [-0.3, -0.25) is 4.79 Å². The number of amides is 1. The molecule has 0 saturated carbocycles. The van der Waals surface area contributed by atoms with Crippen LogP contribution >= 0.6 is 0 Å². The lowest BCUT2D eigenvalue weighted by molar-refractivity contribution is 0.0596. The van der Waals surface area contributed by atoms with E-state index in [1.165, 1.54) is 33.5 Å². The lowest BCUT2D eigenvalue weighted by atomic mass is 10.1. The summed E-state index contributed by atoms with van der Waals surface area (Å²) in [5.74, 6) is -0.0290. The highest BCUT2D eigenvalue weighted by Crippen LogP contribution is 2.38. The monoisotopic (exact) mass is 449 g/mol. The lowest BCUT2D eigenvalue weighted by Crippen LogP contribution is -2.10. The Morgan fingerprint density at radius 1 is 0.818 bits per heavy atom. The molecule has 0 aromatic heterocycles. The van der Waals surface area contributed by atoms with E-state index in [0.29, 0.717) is 34.2 Å². The highest BCUT2D eigenvalue weighted by Gasteiger charge is 2.17. The number of carbonyl (C=O) groups excluding carboxylic acids is 2. The first-order valence-electron chi connectivity index (χ1n) is 9.85. The number of nitrogens with one attached hydrogen (secondary N) is 1. The second-order valence-corrected chi connectivity index (χ2v) is 6.83. The van der Waals surface area contributed by atoms with Gasteiger partial charge in [-0.1, -0.05) is 17.7 Å². The Labute approximate surface area is 190 Å². The van der Waals surface area contributed by atoms with E-state index in [1.54, 1.807) is 42.5 Å². The van der Waals surface area contributed by atoms with Gasteiger partial charge in [0, 0.05) is 0 Å². The van der Waals surface area contributed by atoms with Crippen molar-refractivity contribution in [2.75, 3.05) is 26.8 Å². The molecule has 9 nitrogen and oxygen atoms in total. The van der Waals surface area contributed by atoms with Gasteiger partial charge in [0.2, 0.25) is 5.75 Å². The summed E-state index contributed by atoms with van der Waals surface area (Å²) < 4.78 is 15.7. The van der Waals surface area contributed by atoms with Gasteiger partial charge in [-0.25, -0.2) is 10.3 Å². The average Bonchev–Trinajstić information content (AvgIpc) is 2.85. The largest absolute Gasteiger partial charge is 0.493 e. The second kappa shape index (κ2) is 10.8. The predicted molar refractivity (Wildman–Crippen MR) is 122 cm³/mol. The molecule has 0 fully saturated rings. The molecule has 0 bridgehead atoms. The van der Waals surface area contributed by atoms with E-state index in [9.17, 15) is 9.59 Å². The Hall–Kier alpha value is -4.40. The smallest absolute Gasteiger partial charge is 0.362 e. The number of methoxy groups -OCH3 is 3. The molecule has 3 aromatic carbocycles. The summed E-state index contributed by atoms with van der Waals surface area (Å²) in [5.41, 5.74) is 5.19. The quantitative estimate of drug-likeness (QED) is 0.375. The van der Waals surface area contributed by atoms with E-state index in [0.717, 1.165) is 5.56 Å². The maximum absolute atomic E-state index is 12.5. The molecular formula is C24H23N3O6. The van der Waals surface area contributed by atoms with Crippen molar-refractivity contribution in [2.45, 2.75) is 6.92 Å². The fourth-order valence-electron chi connectivity index (χ4n) is 2.90. The molecular weight excluding hydrogens is 426 g/mol. The van der Waals surface area contributed by atoms with Gasteiger partial charge in [0.25, 0.3) is 5.91 Å². The van der Waals surface area contributed by atoms with Gasteiger partial charge in [-0.05, 0) is 55.5 Å². The van der Waals surface area contributed by atoms with Crippen LogP contribution in [0.3, 0.4) is 0 Å². The Morgan fingerprint density at radius 3 is 2.06 bits per heavy atom. The minimum atomic E-state index is -0.580. The molecule has 3 rings (SSSR count). The third kappa shape index (κ3) is 5.85. The Morgan fingerprint density at radius 2 is 1.48 bits per heavy atom. The number of nitrogens with zero attached hydrogens (tertiary/aromatic N) is 2. The van der Waals surface area contributed by atoms with E-state index >= 15 is 0 Å². The van der Waals surface area contributed by atoms with Gasteiger partial charge in [0.05, 0.1) is 43.8 Å². The van der Waals surface area contributed by atoms with Crippen molar-refractivity contribution in [1.82, 2.24) is 0 Å². The molecule has 1 N–H and O–H groups in total. The summed E-state index contributed by atoms with van der Waals surface area (Å²) in [7, 11) is 4.39. The van der Waals surface area contributed by atoms with Crippen LogP contribution in [0.15, 0.2) is 70.9 Å². The number of carbonyl (C=O) groups is 2. The summed E-state index contributed by atoms with van der Waals surface area (Å²) in [5, 5.41) is 7.71. The van der Waals surface area contributed by atoms with Crippen molar-refractivity contribution < 1.29 is 28.6 Å². The zero-order valence-electron chi connectivity index (χ0n) is 18.6. The van der Waals surface area contributed by atoms with Crippen LogP contribution in [0.4, 0.5) is 11.4 Å². The summed E-state index contributed by atoms with van der Waals surface area (Å²) in [6.45, 7) is 1.89. The lowest BCUT2D eigenvalue weighted by Gasteiger charge is -2.12. The van der Waals surface area contributed by atoms with E-state index in [-0.39, 0.29) is 5.56 Å². The number of hydrogen-bond donors (Lipinski definition) is 1. The summed E-state index contributed by atoms with van der Waals surface area (Å²) in [6, 6.07) is 16.6. The Balaban J connectivity index is 1.64. The van der Waals surface area contributed by atoms with E-state index in [4.69, 9.17) is 19.0 Å². The maximum Gasteiger partial charge on any atom is 0.362 e. The molecule has 0 spiro atoms. The van der Waals surface area contributed by atoms with Crippen molar-refractivity contribution in [1.29, 1.82) is 0 Å². The van der Waals surface area contributed by atoms with E-state index in [2.05, 4.69) is 15.7 Å². The number of benzene rings is 3. The standard InChI is InChI=1S/C24H23N3O6/c1-15-6-5-7-16(12-15)24(29)33-27-19-10-8-18(9-11-19)25-26-23(28)17-13-20(30-2)22(32-4)21(14-17)31-3/h5-14,27H,1-4H3. The number of ether oxygens (including phenoxy) is 3. The highest BCUT2D eigenvalue weighted by atomic mass is 16.7. The molecule has 0 heterocycles. The minimum absolute atomic E-state index is 0.231. The molecule has 0 atom stereocenters. The zero-order valence-corrected chi connectivity index (χ0v) is 18.6. The van der Waals surface area contributed by atoms with Crippen LogP contribution in [-0.4, -0.2) is 33.2 Å². The van der Waals surface area contributed by atoms with Crippen molar-refractivity contribution in [2.24, 2.45) is 10.2 Å². The normalized spacial score (nSPS) is 10.5. The minimum Gasteiger partial charge on any atom is -0.493 e. The topological polar surface area (TPSA) is 108 Å². The van der Waals surface area contributed by atoms with Crippen LogP contribution in [0.2, 0.25) is 0 Å². The third-order valence-electron chi connectivity index (χ3n) is 4.55. The highest BCUT2D eigenvalue weighted by molar-refractivity contribution is 5.96. The van der Waals surface area contributed by atoms with Crippen LogP contribution in [0.25, 0.3) is 0 Å². The molecule has 3 aromatic rings. The summed E-state index contributed by atoms with van der Waals surface area (Å²) >= 11 is 0. The molecule has 9 heteroatoms. The number of hydrogen-bond acceptors (Lipinski definition) is 8. The maximum atomic E-state index is 12.5. The van der Waals surface area contributed by atoms with Gasteiger partial charge < -0.3 is 19.0 Å². The number of aryl methyl sites for hydroxylation is 1. The predicted octanol–water partition coefficient (Wildman–Crippen LogP) is 5.13. The number of azo groups is 1. The average molecular weight is 449 g/mol. The van der Waals surface area contributed by atoms with Gasteiger partial charge in [0.15, 0.2) is 11.5 Å². The zero-order chi connectivity index (χ0) is 23.8. The van der Waals surface area contributed by atoms with Gasteiger partial charge in [-0.15, -0.1) is 10.2 Å². The van der Waals surface area contributed by atoms with Crippen molar-refractivity contribution in [3.63, 3.8) is 0 Å². The van der Waals surface area contributed by atoms with Gasteiger partial charge >= 0.3 is 5.97 Å². The third-order valence-corrected chi connectivity index (χ3v) is 4.55. The molecule has 0 aliphatic heterocycles. The van der Waals surface area contributed by atoms with E-state index < -0.39 is 11.9 Å². The van der Waals surface area contributed by atoms with Crippen molar-refractivity contribution >= 4 is 23.3 Å². The first-order chi connectivity index (χ1) is 15.9. The first kappa shape index (κ1) is 23.3. The van der Waals surface area contributed by atoms with Crippen LogP contribution in [-0.2, 0) is 4.84 Å². The molecule has 170 valence electrons. The van der Waals surface area contributed by atoms with Crippen LogP contribution in [0, 0.1) is 6.92 Å². The Kier molecular flexibility index (Phi) is 7.59. The van der Waals surface area contributed by atoms with Gasteiger partial charge in [-0.2, -0.15) is 0 Å². The molecule has 33 heavy (non-hydrogen) atoms. The molecule has 0 aliphatic rings. The van der Waals surface area contributed by atoms with Crippen molar-refractivity contribution in [3.05, 3.63) is 77.4 Å². The number of rotatable bonds is 8. The van der Waals surface area contributed by atoms with Crippen LogP contribution < -0.4 is 19.7 Å². The summed E-state index contributed by atoms with van der Waals surface area (Å²) in [4.78, 5) is 29.7. The molecule has 0 radical (unpaired) electrons. The summed E-state index contributed by atoms with van der Waals surface area (Å²) in [6.07, 6.45) is 0. The van der Waals surface area contributed by atoms with Crippen LogP contribution in [0.5, 0.6) is 17.2 Å². The fraction of sp³-hybridized carbons (Fsp3) is 0.167. The Bertz CT molecular complexity index is 1150. The van der Waals surface area contributed by atoms with Crippen molar-refractivity contribution in [3.8, 4) is 17.2 Å². The second-order valence-electron chi connectivity index (χ2n) is 6.83. The molecule has 0 aliphatic carbocycles. The SMILES string of the molecule is COc1cc(C(=O)N=Nc2ccc(NOC(=O)c3cccc(C)c3)cc2)cc(OC)c1OC. The molecule has 0 unspecified atom stereocenters. The van der Waals surface area contributed by atoms with E-state index in [1.807, 2.05) is 13.0 Å². The number of anilines is 1. The molecule has 1 amide bonds. The fourth-order valence-corrected chi connectivity index (χ4v) is 2.90. The first-order valence-corrected chi connectivity index (χ1v) is 9.85.